The first-order valence-electron chi connectivity index (χ1n) is 5.67. The van der Waals surface area contributed by atoms with Gasteiger partial charge in [-0.2, -0.15) is 0 Å². The maximum absolute atomic E-state index is 8.96. The molecular weight excluding hydrogens is 208 g/mol. The van der Waals surface area contributed by atoms with E-state index in [2.05, 4.69) is 33.9 Å². The number of hydrogen-bond donors (Lipinski definition) is 2. The van der Waals surface area contributed by atoms with Crippen LogP contribution in [0.5, 0.6) is 0 Å². The Kier molecular flexibility index (Phi) is 3.65. The van der Waals surface area contributed by atoms with Gasteiger partial charge >= 0.3 is 0 Å². The zero-order chi connectivity index (χ0) is 11.9. The predicted molar refractivity (Wildman–Crippen MR) is 63.0 cm³/mol. The van der Waals surface area contributed by atoms with Crippen molar-refractivity contribution < 1.29 is 14.6 Å². The van der Waals surface area contributed by atoms with Gasteiger partial charge in [0.05, 0.1) is 0 Å². The van der Waals surface area contributed by atoms with Crippen LogP contribution in [-0.4, -0.2) is 30.9 Å². The molecule has 1 saturated carbocycles. The van der Waals surface area contributed by atoms with Crippen LogP contribution < -0.4 is 0 Å². The molecule has 0 aromatic rings. The second-order valence-electron chi connectivity index (χ2n) is 6.15. The van der Waals surface area contributed by atoms with Gasteiger partial charge < -0.3 is 14.6 Å². The molecule has 0 atom stereocenters. The molecule has 0 aromatic heterocycles. The lowest BCUT2D eigenvalue weighted by Gasteiger charge is -2.45. The monoisotopic (exact) mass is 232 g/mol. The summed E-state index contributed by atoms with van der Waals surface area (Å²) in [7, 11) is -1.67. The van der Waals surface area contributed by atoms with Crippen LogP contribution in [0.4, 0.5) is 0 Å². The maximum atomic E-state index is 8.96. The van der Waals surface area contributed by atoms with Crippen molar-refractivity contribution in [3.05, 3.63) is 0 Å². The van der Waals surface area contributed by atoms with Crippen molar-refractivity contribution in [3.8, 4) is 0 Å². The summed E-state index contributed by atoms with van der Waals surface area (Å²) in [6.07, 6.45) is 0.677. The average molecular weight is 232 g/mol. The highest BCUT2D eigenvalue weighted by atomic mass is 28.4. The molecule has 1 aliphatic rings. The largest absolute Gasteiger partial charge is 0.414 e. The predicted octanol–water partition coefficient (Wildman–Crippen LogP) is 2.10. The van der Waals surface area contributed by atoms with Gasteiger partial charge in [-0.3, -0.25) is 0 Å². The molecule has 0 bridgehead atoms. The Bertz CT molecular complexity index is 214. The fourth-order valence-electron chi connectivity index (χ4n) is 1.54. The van der Waals surface area contributed by atoms with E-state index >= 15 is 0 Å². The minimum atomic E-state index is -1.67. The number of rotatable bonds is 3. The molecule has 15 heavy (non-hydrogen) atoms. The summed E-state index contributed by atoms with van der Waals surface area (Å²) < 4.78 is 6.14. The Morgan fingerprint density at radius 2 is 1.67 bits per heavy atom. The van der Waals surface area contributed by atoms with E-state index in [1.54, 1.807) is 0 Å². The van der Waals surface area contributed by atoms with Crippen molar-refractivity contribution in [2.45, 2.75) is 64.1 Å². The molecule has 0 spiro atoms. The van der Waals surface area contributed by atoms with E-state index in [0.29, 0.717) is 0 Å². The third-order valence-corrected chi connectivity index (χ3v) is 8.36. The van der Waals surface area contributed by atoms with Crippen LogP contribution in [-0.2, 0) is 4.43 Å². The topological polar surface area (TPSA) is 49.7 Å². The van der Waals surface area contributed by atoms with Crippen LogP contribution in [0, 0.1) is 5.92 Å². The van der Waals surface area contributed by atoms with Crippen molar-refractivity contribution in [1.29, 1.82) is 0 Å². The van der Waals surface area contributed by atoms with Gasteiger partial charge in [0.1, 0.15) is 0 Å². The number of aliphatic hydroxyl groups excluding tert-OH is 1. The minimum absolute atomic E-state index is 0.0276. The molecule has 1 rings (SSSR count). The summed E-state index contributed by atoms with van der Waals surface area (Å²) in [5.41, 5.74) is 0. The van der Waals surface area contributed by atoms with E-state index in [-0.39, 0.29) is 17.1 Å². The zero-order valence-corrected chi connectivity index (χ0v) is 11.4. The van der Waals surface area contributed by atoms with Crippen molar-refractivity contribution in [2.24, 2.45) is 5.92 Å². The minimum Gasteiger partial charge on any atom is -0.414 e. The molecule has 0 amide bonds. The number of aliphatic hydroxyl groups is 2. The molecule has 0 radical (unpaired) electrons. The van der Waals surface area contributed by atoms with E-state index in [9.17, 15) is 0 Å². The Labute approximate surface area is 93.6 Å². The Hall–Kier alpha value is 0.0969. The lowest BCUT2D eigenvalue weighted by Crippen LogP contribution is -2.49. The van der Waals surface area contributed by atoms with Crippen LogP contribution in [0.2, 0.25) is 18.1 Å². The molecule has 4 heteroatoms. The van der Waals surface area contributed by atoms with Gasteiger partial charge in [0.2, 0.25) is 0 Å². The van der Waals surface area contributed by atoms with Gasteiger partial charge in [-0.05, 0) is 31.0 Å². The van der Waals surface area contributed by atoms with Crippen molar-refractivity contribution in [1.82, 2.24) is 0 Å². The highest BCUT2D eigenvalue weighted by molar-refractivity contribution is 6.74. The van der Waals surface area contributed by atoms with Crippen LogP contribution >= 0.6 is 0 Å². The van der Waals surface area contributed by atoms with Gasteiger partial charge in [0, 0.05) is 12.0 Å². The SMILES string of the molecule is CC(C)(C)[Si](C)(C)OC1CC(C(O)O)C1. The van der Waals surface area contributed by atoms with Gasteiger partial charge in [0.25, 0.3) is 0 Å². The summed E-state index contributed by atoms with van der Waals surface area (Å²) in [5.74, 6) is 0.0276. The zero-order valence-electron chi connectivity index (χ0n) is 10.4. The Morgan fingerprint density at radius 1 is 1.20 bits per heavy atom. The van der Waals surface area contributed by atoms with Gasteiger partial charge in [-0.1, -0.05) is 20.8 Å². The molecule has 3 nitrogen and oxygen atoms in total. The lowest BCUT2D eigenvalue weighted by atomic mass is 9.82. The fraction of sp³-hybridized carbons (Fsp3) is 1.00. The van der Waals surface area contributed by atoms with Crippen LogP contribution in [0.3, 0.4) is 0 Å². The van der Waals surface area contributed by atoms with E-state index in [0.717, 1.165) is 12.8 Å². The average Bonchev–Trinajstić information content (AvgIpc) is 1.92. The van der Waals surface area contributed by atoms with E-state index in [1.165, 1.54) is 0 Å². The first-order chi connectivity index (χ1) is 6.63. The highest BCUT2D eigenvalue weighted by Crippen LogP contribution is 2.41. The van der Waals surface area contributed by atoms with Crippen molar-refractivity contribution in [3.63, 3.8) is 0 Å². The smallest absolute Gasteiger partial charge is 0.192 e. The van der Waals surface area contributed by atoms with Gasteiger partial charge in [-0.25, -0.2) is 0 Å². The van der Waals surface area contributed by atoms with Crippen molar-refractivity contribution >= 4 is 8.32 Å². The van der Waals surface area contributed by atoms with Crippen LogP contribution in [0.1, 0.15) is 33.6 Å². The highest BCUT2D eigenvalue weighted by Gasteiger charge is 2.43. The molecule has 0 saturated heterocycles. The molecule has 2 N–H and O–H groups in total. The van der Waals surface area contributed by atoms with E-state index in [1.807, 2.05) is 0 Å². The maximum Gasteiger partial charge on any atom is 0.192 e. The standard InChI is InChI=1S/C11H24O3Si/c1-11(2,3)15(4,5)14-9-6-8(7-9)10(12)13/h8-10,12-13H,6-7H2,1-5H3. The van der Waals surface area contributed by atoms with Crippen LogP contribution in [0.15, 0.2) is 0 Å². The van der Waals surface area contributed by atoms with Crippen LogP contribution in [0.25, 0.3) is 0 Å². The second kappa shape index (κ2) is 4.16. The first kappa shape index (κ1) is 13.2. The lowest BCUT2D eigenvalue weighted by molar-refractivity contribution is -0.133. The number of hydrogen-bond acceptors (Lipinski definition) is 3. The Morgan fingerprint density at radius 3 is 2.00 bits per heavy atom. The molecule has 1 aliphatic carbocycles. The normalized spacial score (nSPS) is 28.0. The van der Waals surface area contributed by atoms with Crippen molar-refractivity contribution in [2.75, 3.05) is 0 Å². The summed E-state index contributed by atoms with van der Waals surface area (Å²) in [4.78, 5) is 0. The van der Waals surface area contributed by atoms with E-state index in [4.69, 9.17) is 14.6 Å². The molecule has 90 valence electrons. The summed E-state index contributed by atoms with van der Waals surface area (Å²) >= 11 is 0. The molecule has 0 unspecified atom stereocenters. The third-order valence-electron chi connectivity index (χ3n) is 3.82. The third kappa shape index (κ3) is 3.03. The summed E-state index contributed by atoms with van der Waals surface area (Å²) in [5, 5.41) is 18.2. The molecular formula is C11H24O3Si. The van der Waals surface area contributed by atoms with E-state index < -0.39 is 14.6 Å². The fourth-order valence-corrected chi connectivity index (χ4v) is 2.92. The second-order valence-corrected chi connectivity index (χ2v) is 10.9. The Balaban J connectivity index is 2.39. The molecule has 0 heterocycles. The first-order valence-corrected chi connectivity index (χ1v) is 8.58. The quantitative estimate of drug-likeness (QED) is 0.579. The van der Waals surface area contributed by atoms with Gasteiger partial charge in [0.15, 0.2) is 14.6 Å². The molecule has 1 fully saturated rings. The van der Waals surface area contributed by atoms with Gasteiger partial charge in [-0.15, -0.1) is 0 Å². The molecule has 0 aromatic carbocycles. The molecule has 0 aliphatic heterocycles. The summed E-state index contributed by atoms with van der Waals surface area (Å²) in [6, 6.07) is 0. The summed E-state index contributed by atoms with van der Waals surface area (Å²) in [6.45, 7) is 11.1.